The van der Waals surface area contributed by atoms with Gasteiger partial charge in [0, 0.05) is 30.2 Å². The molecule has 1 amide bonds. The van der Waals surface area contributed by atoms with Crippen LogP contribution in [-0.4, -0.2) is 24.0 Å². The van der Waals surface area contributed by atoms with E-state index < -0.39 is 5.91 Å². The summed E-state index contributed by atoms with van der Waals surface area (Å²) in [7, 11) is 0. The Morgan fingerprint density at radius 2 is 1.84 bits per heavy atom. The summed E-state index contributed by atoms with van der Waals surface area (Å²) in [6, 6.07) is 15.9. The Morgan fingerprint density at radius 3 is 2.66 bits per heavy atom. The van der Waals surface area contributed by atoms with E-state index >= 15 is 0 Å². The lowest BCUT2D eigenvalue weighted by molar-refractivity contribution is 0.0997. The summed E-state index contributed by atoms with van der Waals surface area (Å²) < 4.78 is 5.65. The standard InChI is InChI=1S/C26H25N3O3/c1-16-9-11-29(12-10-16)25-13-17(2)20-14-18(7-8-21(20)28-25)27-26(31)24-15-22(30)19-5-3-4-6-23(19)32-24/h3-8,13-16H,9-12H2,1-2H3,(H,27,31). The summed E-state index contributed by atoms with van der Waals surface area (Å²) in [6.07, 6.45) is 2.38. The molecule has 0 atom stereocenters. The molecule has 1 aliphatic heterocycles. The van der Waals surface area contributed by atoms with Crippen LogP contribution < -0.4 is 15.6 Å². The Hall–Kier alpha value is -3.67. The number of piperidine rings is 1. The molecule has 6 nitrogen and oxygen atoms in total. The normalized spacial score (nSPS) is 14.8. The Morgan fingerprint density at radius 1 is 1.06 bits per heavy atom. The molecule has 0 unspecified atom stereocenters. The van der Waals surface area contributed by atoms with Crippen LogP contribution in [0.3, 0.4) is 0 Å². The van der Waals surface area contributed by atoms with Gasteiger partial charge in [-0.15, -0.1) is 0 Å². The van der Waals surface area contributed by atoms with E-state index in [1.807, 2.05) is 18.2 Å². The fourth-order valence-electron chi connectivity index (χ4n) is 4.26. The zero-order chi connectivity index (χ0) is 22.2. The average molecular weight is 428 g/mol. The van der Waals surface area contributed by atoms with Crippen LogP contribution in [0.25, 0.3) is 21.9 Å². The maximum absolute atomic E-state index is 12.8. The number of rotatable bonds is 3. The van der Waals surface area contributed by atoms with E-state index in [4.69, 9.17) is 9.40 Å². The average Bonchev–Trinajstić information content (AvgIpc) is 2.80. The highest BCUT2D eigenvalue weighted by Crippen LogP contribution is 2.28. The van der Waals surface area contributed by atoms with Crippen molar-refractivity contribution in [2.75, 3.05) is 23.3 Å². The van der Waals surface area contributed by atoms with Crippen molar-refractivity contribution < 1.29 is 9.21 Å². The summed E-state index contributed by atoms with van der Waals surface area (Å²) in [5.74, 6) is 1.30. The maximum atomic E-state index is 12.8. The smallest absolute Gasteiger partial charge is 0.291 e. The third kappa shape index (κ3) is 3.84. The van der Waals surface area contributed by atoms with Gasteiger partial charge in [-0.05, 0) is 67.6 Å². The molecule has 1 fully saturated rings. The van der Waals surface area contributed by atoms with Crippen molar-refractivity contribution in [3.05, 3.63) is 76.1 Å². The second kappa shape index (κ2) is 8.11. The quantitative estimate of drug-likeness (QED) is 0.490. The highest BCUT2D eigenvalue weighted by atomic mass is 16.3. The van der Waals surface area contributed by atoms with Crippen LogP contribution >= 0.6 is 0 Å². The highest BCUT2D eigenvalue weighted by Gasteiger charge is 2.18. The number of fused-ring (bicyclic) bond motifs is 2. The zero-order valence-corrected chi connectivity index (χ0v) is 18.2. The second-order valence-electron chi connectivity index (χ2n) is 8.62. The van der Waals surface area contributed by atoms with Gasteiger partial charge in [0.1, 0.15) is 11.4 Å². The van der Waals surface area contributed by atoms with Gasteiger partial charge in [-0.25, -0.2) is 4.98 Å². The molecule has 0 radical (unpaired) electrons. The van der Waals surface area contributed by atoms with Gasteiger partial charge >= 0.3 is 0 Å². The van der Waals surface area contributed by atoms with Gasteiger partial charge in [0.2, 0.25) is 0 Å². The van der Waals surface area contributed by atoms with E-state index in [0.717, 1.165) is 41.3 Å². The molecule has 1 saturated heterocycles. The number of amides is 1. The van der Waals surface area contributed by atoms with Gasteiger partial charge in [0.05, 0.1) is 10.9 Å². The highest BCUT2D eigenvalue weighted by molar-refractivity contribution is 6.04. The molecule has 0 spiro atoms. The topological polar surface area (TPSA) is 75.4 Å². The number of benzene rings is 2. The Kier molecular flexibility index (Phi) is 5.13. The van der Waals surface area contributed by atoms with Crippen molar-refractivity contribution in [2.45, 2.75) is 26.7 Å². The third-order valence-electron chi connectivity index (χ3n) is 6.23. The van der Waals surface area contributed by atoms with Gasteiger partial charge in [-0.2, -0.15) is 0 Å². The Labute approximate surface area is 185 Å². The number of hydrogen-bond acceptors (Lipinski definition) is 5. The van der Waals surface area contributed by atoms with Gasteiger partial charge in [-0.3, -0.25) is 9.59 Å². The van der Waals surface area contributed by atoms with Gasteiger partial charge in [0.15, 0.2) is 11.2 Å². The predicted octanol–water partition coefficient (Wildman–Crippen LogP) is 5.14. The number of carbonyl (C=O) groups excluding carboxylic acids is 1. The largest absolute Gasteiger partial charge is 0.451 e. The summed E-state index contributed by atoms with van der Waals surface area (Å²) >= 11 is 0. The monoisotopic (exact) mass is 427 g/mol. The van der Waals surface area contributed by atoms with E-state index in [1.165, 1.54) is 18.9 Å². The first-order chi connectivity index (χ1) is 15.5. The van der Waals surface area contributed by atoms with Crippen molar-refractivity contribution in [1.29, 1.82) is 0 Å². The molecule has 3 heterocycles. The first-order valence-corrected chi connectivity index (χ1v) is 11.0. The van der Waals surface area contributed by atoms with Crippen LogP contribution in [0.15, 0.2) is 63.8 Å². The number of hydrogen-bond donors (Lipinski definition) is 1. The van der Waals surface area contributed by atoms with Gasteiger partial charge < -0.3 is 14.6 Å². The molecule has 2 aromatic heterocycles. The number of nitrogens with one attached hydrogen (secondary N) is 1. The molecular formula is C26H25N3O3. The minimum absolute atomic E-state index is 0.0154. The fraction of sp³-hybridized carbons (Fsp3) is 0.269. The summed E-state index contributed by atoms with van der Waals surface area (Å²) in [4.78, 5) is 32.3. The van der Waals surface area contributed by atoms with Crippen LogP contribution in [-0.2, 0) is 0 Å². The van der Waals surface area contributed by atoms with Crippen molar-refractivity contribution in [1.82, 2.24) is 4.98 Å². The molecule has 32 heavy (non-hydrogen) atoms. The van der Waals surface area contributed by atoms with E-state index in [9.17, 15) is 9.59 Å². The van der Waals surface area contributed by atoms with E-state index in [2.05, 4.69) is 30.1 Å². The molecule has 0 saturated carbocycles. The molecular weight excluding hydrogens is 402 g/mol. The zero-order valence-electron chi connectivity index (χ0n) is 18.2. The Bertz CT molecular complexity index is 1380. The SMILES string of the molecule is Cc1cc(N2CCC(C)CC2)nc2ccc(NC(=O)c3cc(=O)c4ccccc4o3)cc12. The predicted molar refractivity (Wildman–Crippen MR) is 128 cm³/mol. The van der Waals surface area contributed by atoms with Crippen LogP contribution in [0.5, 0.6) is 0 Å². The lowest BCUT2D eigenvalue weighted by Crippen LogP contribution is -2.33. The molecule has 0 bridgehead atoms. The van der Waals surface area contributed by atoms with E-state index in [-0.39, 0.29) is 11.2 Å². The van der Waals surface area contributed by atoms with Crippen molar-refractivity contribution in [3.63, 3.8) is 0 Å². The van der Waals surface area contributed by atoms with Crippen LogP contribution in [0.4, 0.5) is 11.5 Å². The van der Waals surface area contributed by atoms with Crippen molar-refractivity contribution >= 4 is 39.3 Å². The molecule has 2 aromatic carbocycles. The van der Waals surface area contributed by atoms with Crippen molar-refractivity contribution in [2.24, 2.45) is 5.92 Å². The molecule has 1 aliphatic rings. The molecule has 1 N–H and O–H groups in total. The third-order valence-corrected chi connectivity index (χ3v) is 6.23. The first-order valence-electron chi connectivity index (χ1n) is 11.0. The fourth-order valence-corrected chi connectivity index (χ4v) is 4.26. The molecule has 6 heteroatoms. The van der Waals surface area contributed by atoms with Gasteiger partial charge in [-0.1, -0.05) is 19.1 Å². The molecule has 162 valence electrons. The maximum Gasteiger partial charge on any atom is 0.291 e. The number of pyridine rings is 1. The van der Waals surface area contributed by atoms with E-state index in [0.29, 0.717) is 16.7 Å². The number of anilines is 2. The number of aryl methyl sites for hydroxylation is 1. The molecule has 4 aromatic rings. The lowest BCUT2D eigenvalue weighted by Gasteiger charge is -2.31. The minimum atomic E-state index is -0.461. The van der Waals surface area contributed by atoms with Crippen LogP contribution in [0.2, 0.25) is 0 Å². The number of aromatic nitrogens is 1. The number of carbonyl (C=O) groups is 1. The van der Waals surface area contributed by atoms with Crippen LogP contribution in [0, 0.1) is 12.8 Å². The number of nitrogens with zero attached hydrogens (tertiary/aromatic N) is 2. The van der Waals surface area contributed by atoms with Gasteiger partial charge in [0.25, 0.3) is 5.91 Å². The summed E-state index contributed by atoms with van der Waals surface area (Å²) in [5.41, 5.74) is 2.78. The summed E-state index contributed by atoms with van der Waals surface area (Å²) in [5, 5.41) is 4.28. The lowest BCUT2D eigenvalue weighted by atomic mass is 9.99. The van der Waals surface area contributed by atoms with E-state index in [1.54, 1.807) is 24.3 Å². The summed E-state index contributed by atoms with van der Waals surface area (Å²) in [6.45, 7) is 6.43. The number of para-hydroxylation sites is 1. The van der Waals surface area contributed by atoms with Crippen LogP contribution in [0.1, 0.15) is 35.9 Å². The molecule has 0 aliphatic carbocycles. The minimum Gasteiger partial charge on any atom is -0.451 e. The Balaban J connectivity index is 1.41. The van der Waals surface area contributed by atoms with Crippen molar-refractivity contribution in [3.8, 4) is 0 Å². The second-order valence-corrected chi connectivity index (χ2v) is 8.62. The first kappa shape index (κ1) is 20.2. The molecule has 5 rings (SSSR count).